The first kappa shape index (κ1) is 17.5. The van der Waals surface area contributed by atoms with Crippen LogP contribution in [0.1, 0.15) is 12.0 Å². The average Bonchev–Trinajstić information content (AvgIpc) is 2.63. The molecule has 0 atom stereocenters. The summed E-state index contributed by atoms with van der Waals surface area (Å²) in [6.07, 6.45) is 0.896. The van der Waals surface area contributed by atoms with Crippen molar-refractivity contribution in [1.82, 2.24) is 4.90 Å². The van der Waals surface area contributed by atoms with E-state index in [9.17, 15) is 4.39 Å². The molecule has 4 nitrogen and oxygen atoms in total. The minimum Gasteiger partial charge on any atom is -0.505 e. The molecule has 25 heavy (non-hydrogen) atoms. The maximum absolute atomic E-state index is 13.2. The molecular formula is C20H25FN2O2. The van der Waals surface area contributed by atoms with Gasteiger partial charge < -0.3 is 14.7 Å². The predicted molar refractivity (Wildman–Crippen MR) is 98.0 cm³/mol. The molecule has 0 saturated carbocycles. The van der Waals surface area contributed by atoms with Gasteiger partial charge in [0.25, 0.3) is 0 Å². The summed E-state index contributed by atoms with van der Waals surface area (Å²) in [5.74, 6) is -0.539. The lowest BCUT2D eigenvalue weighted by atomic mass is 10.2. The summed E-state index contributed by atoms with van der Waals surface area (Å²) < 4.78 is 18.8. The largest absolute Gasteiger partial charge is 0.505 e. The van der Waals surface area contributed by atoms with Crippen molar-refractivity contribution in [3.8, 4) is 11.5 Å². The van der Waals surface area contributed by atoms with Crippen molar-refractivity contribution >= 4 is 5.69 Å². The number of aromatic hydroxyl groups is 1. The van der Waals surface area contributed by atoms with Gasteiger partial charge in [-0.2, -0.15) is 0 Å². The summed E-state index contributed by atoms with van der Waals surface area (Å²) in [4.78, 5) is 4.86. The van der Waals surface area contributed by atoms with E-state index in [1.54, 1.807) is 6.07 Å². The van der Waals surface area contributed by atoms with Crippen LogP contribution in [0.15, 0.2) is 42.5 Å². The Hall–Kier alpha value is -2.27. The zero-order chi connectivity index (χ0) is 17.6. The summed E-state index contributed by atoms with van der Waals surface area (Å²) in [7, 11) is 0. The number of hydrogen-bond acceptors (Lipinski definition) is 4. The van der Waals surface area contributed by atoms with Gasteiger partial charge in [-0.05, 0) is 37.6 Å². The molecule has 0 bridgehead atoms. The van der Waals surface area contributed by atoms with Crippen LogP contribution in [0.4, 0.5) is 10.1 Å². The highest BCUT2D eigenvalue weighted by atomic mass is 19.1. The molecule has 0 unspecified atom stereocenters. The number of phenolic OH excluding ortho intramolecular Hbond substituents is 1. The van der Waals surface area contributed by atoms with Gasteiger partial charge in [-0.15, -0.1) is 0 Å². The Labute approximate surface area is 148 Å². The molecule has 3 rings (SSSR count). The highest BCUT2D eigenvalue weighted by molar-refractivity contribution is 5.47. The van der Waals surface area contributed by atoms with Crippen LogP contribution in [0.3, 0.4) is 0 Å². The lowest BCUT2D eigenvalue weighted by Crippen LogP contribution is -2.46. The van der Waals surface area contributed by atoms with E-state index in [0.717, 1.165) is 39.1 Å². The van der Waals surface area contributed by atoms with Crippen LogP contribution < -0.4 is 9.64 Å². The van der Waals surface area contributed by atoms with Gasteiger partial charge in [-0.3, -0.25) is 4.90 Å². The van der Waals surface area contributed by atoms with Gasteiger partial charge in [0.1, 0.15) is 5.75 Å². The lowest BCUT2D eigenvalue weighted by molar-refractivity contribution is 0.224. The van der Waals surface area contributed by atoms with Crippen molar-refractivity contribution < 1.29 is 14.2 Å². The van der Waals surface area contributed by atoms with Gasteiger partial charge in [0.15, 0.2) is 11.6 Å². The normalized spacial score (nSPS) is 15.4. The Morgan fingerprint density at radius 2 is 1.76 bits per heavy atom. The molecule has 1 N–H and O–H groups in total. The number of benzene rings is 2. The number of anilines is 1. The minimum absolute atomic E-state index is 0.348. The van der Waals surface area contributed by atoms with E-state index in [4.69, 9.17) is 9.84 Å². The molecule has 134 valence electrons. The van der Waals surface area contributed by atoms with E-state index in [-0.39, 0.29) is 5.75 Å². The van der Waals surface area contributed by atoms with Crippen molar-refractivity contribution in [1.29, 1.82) is 0 Å². The molecule has 1 saturated heterocycles. The zero-order valence-electron chi connectivity index (χ0n) is 14.6. The molecule has 5 heteroatoms. The fraction of sp³-hybridized carbons (Fsp3) is 0.400. The Balaban J connectivity index is 1.36. The Bertz CT molecular complexity index is 683. The van der Waals surface area contributed by atoms with E-state index in [1.807, 2.05) is 0 Å². The van der Waals surface area contributed by atoms with E-state index < -0.39 is 5.82 Å². The molecule has 1 heterocycles. The molecular weight excluding hydrogens is 319 g/mol. The number of aryl methyl sites for hydroxylation is 1. The van der Waals surface area contributed by atoms with E-state index >= 15 is 0 Å². The fourth-order valence-corrected chi connectivity index (χ4v) is 3.04. The Morgan fingerprint density at radius 1 is 1.04 bits per heavy atom. The number of hydrogen-bond donors (Lipinski definition) is 1. The molecule has 1 aliphatic rings. The molecule has 2 aromatic carbocycles. The van der Waals surface area contributed by atoms with Gasteiger partial charge in [-0.25, -0.2) is 4.39 Å². The van der Waals surface area contributed by atoms with Crippen LogP contribution in [0.25, 0.3) is 0 Å². The van der Waals surface area contributed by atoms with Crippen molar-refractivity contribution in [3.05, 3.63) is 53.8 Å². The summed E-state index contributed by atoms with van der Waals surface area (Å²) in [6.45, 7) is 7.78. The van der Waals surface area contributed by atoms with E-state index in [2.05, 4.69) is 41.0 Å². The Kier molecular flexibility index (Phi) is 5.76. The van der Waals surface area contributed by atoms with Crippen LogP contribution in [0.5, 0.6) is 11.5 Å². The SMILES string of the molecule is Cc1ccc(N2CCN(CCCOc3ccc(O)c(F)c3)CC2)cc1. The fourth-order valence-electron chi connectivity index (χ4n) is 3.04. The molecule has 0 amide bonds. The second-order valence-corrected chi connectivity index (χ2v) is 6.48. The number of piperazine rings is 1. The zero-order valence-corrected chi connectivity index (χ0v) is 14.6. The van der Waals surface area contributed by atoms with Gasteiger partial charge in [0.2, 0.25) is 0 Å². The van der Waals surface area contributed by atoms with Crippen LogP contribution in [-0.4, -0.2) is 49.3 Å². The highest BCUT2D eigenvalue weighted by Crippen LogP contribution is 2.21. The number of ether oxygens (including phenoxy) is 1. The van der Waals surface area contributed by atoms with E-state index in [1.165, 1.54) is 23.4 Å². The molecule has 0 aliphatic carbocycles. The summed E-state index contributed by atoms with van der Waals surface area (Å²) in [5, 5.41) is 9.16. The third-order valence-corrected chi connectivity index (χ3v) is 4.58. The highest BCUT2D eigenvalue weighted by Gasteiger charge is 2.16. The standard InChI is InChI=1S/C20H25FN2O2/c1-16-3-5-17(6-4-16)23-12-10-22(11-13-23)9-2-14-25-18-7-8-20(24)19(21)15-18/h3-8,15,24H,2,9-14H2,1H3. The second kappa shape index (κ2) is 8.21. The van der Waals surface area contributed by atoms with Crippen molar-refractivity contribution in [2.24, 2.45) is 0 Å². The van der Waals surface area contributed by atoms with Crippen LogP contribution in [0.2, 0.25) is 0 Å². The van der Waals surface area contributed by atoms with Gasteiger partial charge in [0, 0.05) is 44.5 Å². The molecule has 0 radical (unpaired) electrons. The van der Waals surface area contributed by atoms with Crippen molar-refractivity contribution in [2.45, 2.75) is 13.3 Å². The third kappa shape index (κ3) is 4.86. The predicted octanol–water partition coefficient (Wildman–Crippen LogP) is 3.43. The van der Waals surface area contributed by atoms with Gasteiger partial charge >= 0.3 is 0 Å². The lowest BCUT2D eigenvalue weighted by Gasteiger charge is -2.36. The Morgan fingerprint density at radius 3 is 2.44 bits per heavy atom. The average molecular weight is 344 g/mol. The minimum atomic E-state index is -0.648. The second-order valence-electron chi connectivity index (χ2n) is 6.48. The summed E-state index contributed by atoms with van der Waals surface area (Å²) >= 11 is 0. The van der Waals surface area contributed by atoms with Gasteiger partial charge in [-0.1, -0.05) is 17.7 Å². The maximum Gasteiger partial charge on any atom is 0.168 e. The smallest absolute Gasteiger partial charge is 0.168 e. The van der Waals surface area contributed by atoms with Gasteiger partial charge in [0.05, 0.1) is 6.61 Å². The number of rotatable bonds is 6. The first-order chi connectivity index (χ1) is 12.1. The van der Waals surface area contributed by atoms with Crippen molar-refractivity contribution in [2.75, 3.05) is 44.2 Å². The third-order valence-electron chi connectivity index (χ3n) is 4.58. The van der Waals surface area contributed by atoms with Crippen LogP contribution in [-0.2, 0) is 0 Å². The first-order valence-electron chi connectivity index (χ1n) is 8.77. The van der Waals surface area contributed by atoms with Crippen LogP contribution >= 0.6 is 0 Å². The molecule has 0 spiro atoms. The monoisotopic (exact) mass is 344 g/mol. The molecule has 2 aromatic rings. The first-order valence-corrected chi connectivity index (χ1v) is 8.77. The summed E-state index contributed by atoms with van der Waals surface area (Å²) in [6, 6.07) is 12.8. The van der Waals surface area contributed by atoms with Crippen LogP contribution in [0, 0.1) is 12.7 Å². The van der Waals surface area contributed by atoms with Crippen molar-refractivity contribution in [3.63, 3.8) is 0 Å². The molecule has 1 aliphatic heterocycles. The number of nitrogens with zero attached hydrogens (tertiary/aromatic N) is 2. The molecule has 0 aromatic heterocycles. The number of phenols is 1. The topological polar surface area (TPSA) is 35.9 Å². The van der Waals surface area contributed by atoms with E-state index in [0.29, 0.717) is 12.4 Å². The summed E-state index contributed by atoms with van der Waals surface area (Å²) in [5.41, 5.74) is 2.58. The quantitative estimate of drug-likeness (QED) is 0.815. The molecule has 1 fully saturated rings. The maximum atomic E-state index is 13.2. The number of halogens is 1.